The first-order valence-corrected chi connectivity index (χ1v) is 7.75. The van der Waals surface area contributed by atoms with Crippen molar-refractivity contribution in [1.29, 1.82) is 0 Å². The van der Waals surface area contributed by atoms with E-state index in [2.05, 4.69) is 10.3 Å². The number of carbonyl (C=O) groups excluding carboxylic acids is 1. The van der Waals surface area contributed by atoms with Crippen molar-refractivity contribution in [2.45, 2.75) is 44.6 Å². The molecule has 1 aliphatic carbocycles. The summed E-state index contributed by atoms with van der Waals surface area (Å²) in [6.07, 6.45) is 10.5. The average Bonchev–Trinajstić information content (AvgIpc) is 3.11. The second-order valence-electron chi connectivity index (χ2n) is 6.07. The molecule has 2 aliphatic rings. The maximum absolute atomic E-state index is 12.3. The minimum absolute atomic E-state index is 0.354. The maximum atomic E-state index is 12.3. The number of amides is 1. The minimum Gasteiger partial charge on any atom is -0.379 e. The Bertz CT molecular complexity index is 442. The zero-order valence-corrected chi connectivity index (χ0v) is 11.9. The van der Waals surface area contributed by atoms with E-state index in [0.29, 0.717) is 17.9 Å². The quantitative estimate of drug-likeness (QED) is 0.917. The van der Waals surface area contributed by atoms with Crippen LogP contribution in [0.2, 0.25) is 0 Å². The van der Waals surface area contributed by atoms with Gasteiger partial charge in [0.2, 0.25) is 5.91 Å². The Balaban J connectivity index is 1.47. The molecule has 108 valence electrons. The van der Waals surface area contributed by atoms with E-state index in [1.54, 1.807) is 6.20 Å². The number of anilines is 1. The van der Waals surface area contributed by atoms with Gasteiger partial charge in [-0.15, -0.1) is 0 Å². The summed E-state index contributed by atoms with van der Waals surface area (Å²) < 4.78 is 0. The van der Waals surface area contributed by atoms with E-state index in [4.69, 9.17) is 0 Å². The summed E-state index contributed by atoms with van der Waals surface area (Å²) in [6, 6.07) is 4.32. The molecule has 0 unspecified atom stereocenters. The molecule has 4 heteroatoms. The van der Waals surface area contributed by atoms with Crippen molar-refractivity contribution in [3.05, 3.63) is 24.5 Å². The van der Waals surface area contributed by atoms with E-state index in [1.807, 2.05) is 23.2 Å². The van der Waals surface area contributed by atoms with Crippen molar-refractivity contribution in [3.8, 4) is 0 Å². The van der Waals surface area contributed by atoms with Crippen LogP contribution in [-0.2, 0) is 4.79 Å². The lowest BCUT2D eigenvalue weighted by atomic mass is 10.0. The van der Waals surface area contributed by atoms with Crippen LogP contribution in [0.25, 0.3) is 0 Å². The summed E-state index contributed by atoms with van der Waals surface area (Å²) >= 11 is 0. The highest BCUT2D eigenvalue weighted by Crippen LogP contribution is 2.28. The predicted molar refractivity (Wildman–Crippen MR) is 79.4 cm³/mol. The number of carbonyl (C=O) groups is 1. The van der Waals surface area contributed by atoms with E-state index in [9.17, 15) is 4.79 Å². The van der Waals surface area contributed by atoms with E-state index in [1.165, 1.54) is 25.7 Å². The maximum Gasteiger partial charge on any atom is 0.222 e. The Hall–Kier alpha value is -1.58. The second-order valence-corrected chi connectivity index (χ2v) is 6.07. The van der Waals surface area contributed by atoms with E-state index in [-0.39, 0.29) is 0 Å². The van der Waals surface area contributed by atoms with Crippen LogP contribution in [0.15, 0.2) is 24.5 Å². The Kier molecular flexibility index (Phi) is 4.19. The number of nitrogens with one attached hydrogen (secondary N) is 1. The third-order valence-corrected chi connectivity index (χ3v) is 4.51. The van der Waals surface area contributed by atoms with Gasteiger partial charge in [0.05, 0.1) is 5.69 Å². The molecule has 1 aromatic rings. The van der Waals surface area contributed by atoms with Crippen LogP contribution in [0.5, 0.6) is 0 Å². The van der Waals surface area contributed by atoms with E-state index in [0.717, 1.165) is 31.6 Å². The highest BCUT2D eigenvalue weighted by atomic mass is 16.2. The topological polar surface area (TPSA) is 45.2 Å². The third-order valence-electron chi connectivity index (χ3n) is 4.51. The minimum atomic E-state index is 0.354. The van der Waals surface area contributed by atoms with Crippen molar-refractivity contribution in [2.24, 2.45) is 5.92 Å². The zero-order chi connectivity index (χ0) is 13.8. The van der Waals surface area contributed by atoms with Crippen LogP contribution >= 0.6 is 0 Å². The normalized spacial score (nSPS) is 23.2. The van der Waals surface area contributed by atoms with Crippen LogP contribution in [0.4, 0.5) is 5.69 Å². The largest absolute Gasteiger partial charge is 0.379 e. The van der Waals surface area contributed by atoms with Gasteiger partial charge in [-0.05, 0) is 37.3 Å². The molecule has 3 rings (SSSR count). The standard InChI is InChI=1S/C16H23N3O/c20-16(10-13-4-1-2-5-13)19-9-7-15(12-19)18-14-6-3-8-17-11-14/h3,6,8,11,13,15,18H,1-2,4-5,7,9-10,12H2/t15-/m1/s1. The Labute approximate surface area is 120 Å². The number of aromatic nitrogens is 1. The Morgan fingerprint density at radius 3 is 2.95 bits per heavy atom. The van der Waals surface area contributed by atoms with Gasteiger partial charge in [0.1, 0.15) is 0 Å². The number of hydrogen-bond acceptors (Lipinski definition) is 3. The lowest BCUT2D eigenvalue weighted by Gasteiger charge is -2.19. The molecule has 0 spiro atoms. The zero-order valence-electron chi connectivity index (χ0n) is 11.9. The van der Waals surface area contributed by atoms with Crippen LogP contribution < -0.4 is 5.32 Å². The second kappa shape index (κ2) is 6.25. The van der Waals surface area contributed by atoms with Gasteiger partial charge in [-0.2, -0.15) is 0 Å². The van der Waals surface area contributed by atoms with Crippen LogP contribution in [0.1, 0.15) is 38.5 Å². The third kappa shape index (κ3) is 3.30. The van der Waals surface area contributed by atoms with Crippen LogP contribution in [0, 0.1) is 5.92 Å². The van der Waals surface area contributed by atoms with Gasteiger partial charge in [0.15, 0.2) is 0 Å². The van der Waals surface area contributed by atoms with Gasteiger partial charge in [0, 0.05) is 37.9 Å². The van der Waals surface area contributed by atoms with Crippen molar-refractivity contribution in [3.63, 3.8) is 0 Å². The molecular weight excluding hydrogens is 250 g/mol. The van der Waals surface area contributed by atoms with Crippen molar-refractivity contribution >= 4 is 11.6 Å². The van der Waals surface area contributed by atoms with E-state index < -0.39 is 0 Å². The molecule has 1 aliphatic heterocycles. The van der Waals surface area contributed by atoms with Crippen LogP contribution in [0.3, 0.4) is 0 Å². The number of nitrogens with zero attached hydrogens (tertiary/aromatic N) is 2. The van der Waals surface area contributed by atoms with Gasteiger partial charge in [-0.1, -0.05) is 12.8 Å². The fourth-order valence-corrected chi connectivity index (χ4v) is 3.38. The summed E-state index contributed by atoms with van der Waals surface area (Å²) in [5.41, 5.74) is 1.04. The molecule has 0 radical (unpaired) electrons. The number of pyridine rings is 1. The molecule has 0 bridgehead atoms. The van der Waals surface area contributed by atoms with Gasteiger partial charge in [-0.3, -0.25) is 9.78 Å². The Morgan fingerprint density at radius 1 is 1.35 bits per heavy atom. The lowest BCUT2D eigenvalue weighted by molar-refractivity contribution is -0.131. The summed E-state index contributed by atoms with van der Waals surface area (Å²) in [4.78, 5) is 18.4. The molecule has 1 amide bonds. The first-order chi connectivity index (χ1) is 9.81. The van der Waals surface area contributed by atoms with Gasteiger partial charge in [-0.25, -0.2) is 0 Å². The highest BCUT2D eigenvalue weighted by Gasteiger charge is 2.28. The fourth-order valence-electron chi connectivity index (χ4n) is 3.38. The van der Waals surface area contributed by atoms with Gasteiger partial charge in [0.25, 0.3) is 0 Å². The summed E-state index contributed by atoms with van der Waals surface area (Å²) in [7, 11) is 0. The smallest absolute Gasteiger partial charge is 0.222 e. The highest BCUT2D eigenvalue weighted by molar-refractivity contribution is 5.77. The van der Waals surface area contributed by atoms with Crippen LogP contribution in [-0.4, -0.2) is 34.9 Å². The fraction of sp³-hybridized carbons (Fsp3) is 0.625. The van der Waals surface area contributed by atoms with Crippen molar-refractivity contribution < 1.29 is 4.79 Å². The summed E-state index contributed by atoms with van der Waals surface area (Å²) in [5, 5.41) is 3.46. The number of likely N-dealkylation sites (tertiary alicyclic amines) is 1. The first kappa shape index (κ1) is 13.4. The molecule has 2 heterocycles. The molecule has 2 fully saturated rings. The molecule has 4 nitrogen and oxygen atoms in total. The molecule has 1 aromatic heterocycles. The molecule has 1 atom stereocenters. The van der Waals surface area contributed by atoms with Gasteiger partial charge >= 0.3 is 0 Å². The number of hydrogen-bond donors (Lipinski definition) is 1. The number of rotatable bonds is 4. The monoisotopic (exact) mass is 273 g/mol. The molecular formula is C16H23N3O. The first-order valence-electron chi connectivity index (χ1n) is 7.75. The van der Waals surface area contributed by atoms with Crippen molar-refractivity contribution in [2.75, 3.05) is 18.4 Å². The lowest BCUT2D eigenvalue weighted by Crippen LogP contribution is -2.32. The molecule has 1 saturated heterocycles. The molecule has 0 aromatic carbocycles. The molecule has 20 heavy (non-hydrogen) atoms. The molecule has 1 N–H and O–H groups in total. The summed E-state index contributed by atoms with van der Waals surface area (Å²) in [6.45, 7) is 1.73. The molecule has 1 saturated carbocycles. The van der Waals surface area contributed by atoms with E-state index >= 15 is 0 Å². The Morgan fingerprint density at radius 2 is 2.20 bits per heavy atom. The van der Waals surface area contributed by atoms with Crippen molar-refractivity contribution in [1.82, 2.24) is 9.88 Å². The van der Waals surface area contributed by atoms with Gasteiger partial charge < -0.3 is 10.2 Å². The SMILES string of the molecule is O=C(CC1CCCC1)N1CC[C@@H](Nc2cccnc2)C1. The summed E-state index contributed by atoms with van der Waals surface area (Å²) in [5.74, 6) is 1.00. The predicted octanol–water partition coefficient (Wildman–Crippen LogP) is 2.67. The average molecular weight is 273 g/mol.